The fraction of sp³-hybridized carbons (Fsp3) is 0.300. The number of anilines is 1. The van der Waals surface area contributed by atoms with E-state index in [9.17, 15) is 18.0 Å². The van der Waals surface area contributed by atoms with Crippen LogP contribution in [-0.4, -0.2) is 51.2 Å². The van der Waals surface area contributed by atoms with Crippen LogP contribution >= 0.6 is 0 Å². The highest BCUT2D eigenvalue weighted by Gasteiger charge is 2.38. The number of likely N-dealkylation sites (N-methyl/N-ethyl adjacent to an activating group) is 1. The Morgan fingerprint density at radius 2 is 1.75 bits per heavy atom. The Labute approximate surface area is 165 Å². The summed E-state index contributed by atoms with van der Waals surface area (Å²) >= 11 is 0. The van der Waals surface area contributed by atoms with Crippen LogP contribution in [0.25, 0.3) is 0 Å². The van der Waals surface area contributed by atoms with Crippen molar-refractivity contribution in [3.05, 3.63) is 59.7 Å². The third kappa shape index (κ3) is 3.53. The molecule has 7 nitrogen and oxygen atoms in total. The van der Waals surface area contributed by atoms with E-state index >= 15 is 0 Å². The lowest BCUT2D eigenvalue weighted by Gasteiger charge is -2.25. The van der Waals surface area contributed by atoms with Gasteiger partial charge in [0.2, 0.25) is 15.9 Å². The van der Waals surface area contributed by atoms with Gasteiger partial charge in [0.05, 0.1) is 4.90 Å². The monoisotopic (exact) mass is 401 g/mol. The lowest BCUT2D eigenvalue weighted by molar-refractivity contribution is -0.122. The number of hydrogen-bond donors (Lipinski definition) is 1. The van der Waals surface area contributed by atoms with E-state index in [0.717, 1.165) is 9.87 Å². The van der Waals surface area contributed by atoms with Gasteiger partial charge in [0, 0.05) is 38.3 Å². The molecule has 0 unspecified atom stereocenters. The summed E-state index contributed by atoms with van der Waals surface area (Å²) in [5.74, 6) is -0.547. The molecule has 2 aromatic carbocycles. The van der Waals surface area contributed by atoms with E-state index in [4.69, 9.17) is 0 Å². The van der Waals surface area contributed by atoms with Crippen molar-refractivity contribution in [1.29, 1.82) is 0 Å². The molecule has 0 radical (unpaired) electrons. The van der Waals surface area contributed by atoms with Crippen molar-refractivity contribution >= 4 is 27.5 Å². The lowest BCUT2D eigenvalue weighted by atomic mass is 10.1. The molecular formula is C20H23N3O4S. The fourth-order valence-electron chi connectivity index (χ4n) is 3.26. The predicted octanol–water partition coefficient (Wildman–Crippen LogP) is 1.64. The second-order valence-electron chi connectivity index (χ2n) is 6.73. The maximum Gasteiger partial charge on any atom is 0.259 e. The van der Waals surface area contributed by atoms with Crippen molar-refractivity contribution in [2.45, 2.75) is 24.3 Å². The molecule has 28 heavy (non-hydrogen) atoms. The Bertz CT molecular complexity index is 1000. The highest BCUT2D eigenvalue weighted by atomic mass is 32.2. The Balaban J connectivity index is 1.96. The van der Waals surface area contributed by atoms with E-state index in [0.29, 0.717) is 24.2 Å². The predicted molar refractivity (Wildman–Crippen MR) is 107 cm³/mol. The fourth-order valence-corrected chi connectivity index (χ4v) is 4.16. The van der Waals surface area contributed by atoms with Gasteiger partial charge >= 0.3 is 0 Å². The summed E-state index contributed by atoms with van der Waals surface area (Å²) in [7, 11) is -0.672. The van der Waals surface area contributed by atoms with Crippen LogP contribution in [0.3, 0.4) is 0 Å². The van der Waals surface area contributed by atoms with Crippen LogP contribution < -0.4 is 10.2 Å². The molecule has 1 heterocycles. The van der Waals surface area contributed by atoms with Crippen molar-refractivity contribution in [1.82, 2.24) is 9.62 Å². The van der Waals surface area contributed by atoms with E-state index in [1.165, 1.54) is 43.3 Å². The number of hydrogen-bond acceptors (Lipinski definition) is 4. The summed E-state index contributed by atoms with van der Waals surface area (Å²) in [6, 6.07) is 12.6. The highest BCUT2D eigenvalue weighted by Crippen LogP contribution is 2.33. The zero-order valence-electron chi connectivity index (χ0n) is 16.0. The van der Waals surface area contributed by atoms with Crippen LogP contribution in [0, 0.1) is 0 Å². The summed E-state index contributed by atoms with van der Waals surface area (Å²) in [5.41, 5.74) is 1.95. The lowest BCUT2D eigenvalue weighted by Crippen LogP contribution is -2.48. The highest BCUT2D eigenvalue weighted by molar-refractivity contribution is 7.89. The van der Waals surface area contributed by atoms with Gasteiger partial charge in [-0.3, -0.25) is 14.5 Å². The number of amides is 2. The number of fused-ring (bicyclic) bond motifs is 1. The summed E-state index contributed by atoms with van der Waals surface area (Å²) in [4.78, 5) is 27.3. The molecule has 148 valence electrons. The summed E-state index contributed by atoms with van der Waals surface area (Å²) < 4.78 is 25.6. The molecule has 0 spiro atoms. The van der Waals surface area contributed by atoms with Gasteiger partial charge < -0.3 is 5.32 Å². The molecule has 0 saturated carbocycles. The maximum atomic E-state index is 13.2. The third-order valence-corrected chi connectivity index (χ3v) is 6.56. The van der Waals surface area contributed by atoms with Gasteiger partial charge in [-0.05, 0) is 42.8 Å². The van der Waals surface area contributed by atoms with Crippen molar-refractivity contribution in [3.8, 4) is 0 Å². The standard InChI is InChI=1S/C20H23N3O4S/c1-4-21-19(24)18-13-15-7-5-6-8-17(15)23(18)20(25)14-9-11-16(12-10-14)28(26,27)22(2)3/h5-12,18H,4,13H2,1-3H3,(H,21,24)/t18-/m0/s1. The first-order valence-electron chi connectivity index (χ1n) is 8.99. The number of carbonyl (C=O) groups excluding carboxylic acids is 2. The molecule has 1 aliphatic rings. The normalized spacial score (nSPS) is 16.1. The summed E-state index contributed by atoms with van der Waals surface area (Å²) in [5, 5.41) is 2.78. The van der Waals surface area contributed by atoms with Crippen LogP contribution in [0.4, 0.5) is 5.69 Å². The number of nitrogens with zero attached hydrogens (tertiary/aromatic N) is 2. The molecule has 3 rings (SSSR count). The van der Waals surface area contributed by atoms with Crippen molar-refractivity contribution in [2.24, 2.45) is 0 Å². The van der Waals surface area contributed by atoms with E-state index in [-0.39, 0.29) is 16.7 Å². The molecule has 1 aliphatic heterocycles. The Morgan fingerprint density at radius 1 is 1.11 bits per heavy atom. The van der Waals surface area contributed by atoms with Crippen molar-refractivity contribution in [2.75, 3.05) is 25.5 Å². The van der Waals surface area contributed by atoms with Crippen molar-refractivity contribution in [3.63, 3.8) is 0 Å². The molecule has 2 amide bonds. The SMILES string of the molecule is CCNC(=O)[C@@H]1Cc2ccccc2N1C(=O)c1ccc(S(=O)(=O)N(C)C)cc1. The molecule has 0 saturated heterocycles. The molecule has 1 atom stereocenters. The van der Waals surface area contributed by atoms with E-state index < -0.39 is 16.1 Å². The van der Waals surface area contributed by atoms with Crippen LogP contribution in [0.1, 0.15) is 22.8 Å². The Hall–Kier alpha value is -2.71. The molecule has 8 heteroatoms. The zero-order valence-corrected chi connectivity index (χ0v) is 16.9. The average Bonchev–Trinajstić information content (AvgIpc) is 3.07. The average molecular weight is 401 g/mol. The van der Waals surface area contributed by atoms with Crippen LogP contribution in [0.15, 0.2) is 53.4 Å². The maximum absolute atomic E-state index is 13.2. The van der Waals surface area contributed by atoms with Crippen LogP contribution in [0.5, 0.6) is 0 Å². The van der Waals surface area contributed by atoms with Gasteiger partial charge in [-0.25, -0.2) is 12.7 Å². The first kappa shape index (κ1) is 20.0. The minimum atomic E-state index is -3.57. The zero-order chi connectivity index (χ0) is 20.5. The molecule has 2 aromatic rings. The van der Waals surface area contributed by atoms with Gasteiger partial charge in [0.15, 0.2) is 0 Å². The molecule has 0 fully saturated rings. The smallest absolute Gasteiger partial charge is 0.259 e. The topological polar surface area (TPSA) is 86.8 Å². The largest absolute Gasteiger partial charge is 0.355 e. The van der Waals surface area contributed by atoms with E-state index in [1.807, 2.05) is 31.2 Å². The number of para-hydroxylation sites is 1. The van der Waals surface area contributed by atoms with Crippen LogP contribution in [-0.2, 0) is 21.2 Å². The van der Waals surface area contributed by atoms with Gasteiger partial charge in [0.1, 0.15) is 6.04 Å². The number of sulfonamides is 1. The van der Waals surface area contributed by atoms with E-state index in [1.54, 1.807) is 0 Å². The van der Waals surface area contributed by atoms with Crippen molar-refractivity contribution < 1.29 is 18.0 Å². The number of rotatable bonds is 5. The molecule has 0 bridgehead atoms. The third-order valence-electron chi connectivity index (χ3n) is 4.73. The van der Waals surface area contributed by atoms with Gasteiger partial charge in [0.25, 0.3) is 5.91 Å². The Morgan fingerprint density at radius 3 is 2.36 bits per heavy atom. The second-order valence-corrected chi connectivity index (χ2v) is 8.88. The Kier molecular flexibility index (Phi) is 5.53. The molecule has 1 N–H and O–H groups in total. The molecular weight excluding hydrogens is 378 g/mol. The van der Waals surface area contributed by atoms with Gasteiger partial charge in [-0.1, -0.05) is 18.2 Å². The van der Waals surface area contributed by atoms with Crippen LogP contribution in [0.2, 0.25) is 0 Å². The quantitative estimate of drug-likeness (QED) is 0.825. The first-order valence-corrected chi connectivity index (χ1v) is 10.4. The van der Waals surface area contributed by atoms with Gasteiger partial charge in [-0.2, -0.15) is 0 Å². The van der Waals surface area contributed by atoms with Gasteiger partial charge in [-0.15, -0.1) is 0 Å². The number of benzene rings is 2. The minimum Gasteiger partial charge on any atom is -0.355 e. The number of carbonyl (C=O) groups is 2. The minimum absolute atomic E-state index is 0.108. The van der Waals surface area contributed by atoms with E-state index in [2.05, 4.69) is 5.32 Å². The first-order chi connectivity index (χ1) is 13.3. The number of nitrogens with one attached hydrogen (secondary N) is 1. The summed E-state index contributed by atoms with van der Waals surface area (Å²) in [6.45, 7) is 2.31. The summed E-state index contributed by atoms with van der Waals surface area (Å²) in [6.07, 6.45) is 0.445. The second kappa shape index (κ2) is 7.73. The molecule has 0 aromatic heterocycles. The molecule has 0 aliphatic carbocycles.